The molecule has 0 aromatic carbocycles. The van der Waals surface area contributed by atoms with Gasteiger partial charge < -0.3 is 9.64 Å². The van der Waals surface area contributed by atoms with Gasteiger partial charge in [-0.1, -0.05) is 122 Å². The predicted octanol–water partition coefficient (Wildman–Crippen LogP) is 9.97. The number of hydrogen-bond acceptors (Lipinski definition) is 3. The third kappa shape index (κ3) is 20.5. The van der Waals surface area contributed by atoms with Crippen molar-refractivity contribution in [3.05, 3.63) is 0 Å². The molecule has 0 heterocycles. The van der Waals surface area contributed by atoms with Crippen LogP contribution in [0.2, 0.25) is 0 Å². The first-order valence-electron chi connectivity index (χ1n) is 16.4. The van der Waals surface area contributed by atoms with Gasteiger partial charge in [0.25, 0.3) is 0 Å². The van der Waals surface area contributed by atoms with Crippen molar-refractivity contribution in [2.45, 2.75) is 162 Å². The number of hydrogen-bond donors (Lipinski definition) is 0. The molecule has 0 bridgehead atoms. The summed E-state index contributed by atoms with van der Waals surface area (Å²) in [7, 11) is 4.48. The van der Waals surface area contributed by atoms with Gasteiger partial charge in [-0.25, -0.2) is 0 Å². The van der Waals surface area contributed by atoms with Crippen molar-refractivity contribution in [1.82, 2.24) is 4.90 Å². The highest BCUT2D eigenvalue weighted by molar-refractivity contribution is 5.69. The van der Waals surface area contributed by atoms with Crippen LogP contribution in [-0.4, -0.2) is 38.1 Å². The van der Waals surface area contributed by atoms with Gasteiger partial charge in [0, 0.05) is 13.0 Å². The molecule has 214 valence electrons. The van der Waals surface area contributed by atoms with E-state index in [1.54, 1.807) is 0 Å². The van der Waals surface area contributed by atoms with Crippen LogP contribution in [0.5, 0.6) is 0 Å². The summed E-state index contributed by atoms with van der Waals surface area (Å²) in [6.45, 7) is 5.99. The Morgan fingerprint density at radius 3 is 1.67 bits per heavy atom. The zero-order valence-electron chi connectivity index (χ0n) is 25.2. The summed E-state index contributed by atoms with van der Waals surface area (Å²) in [5, 5.41) is 0. The van der Waals surface area contributed by atoms with E-state index in [0.29, 0.717) is 13.0 Å². The molecule has 0 aromatic heterocycles. The zero-order valence-corrected chi connectivity index (χ0v) is 25.2. The molecular weight excluding hydrogens is 442 g/mol. The van der Waals surface area contributed by atoms with Crippen LogP contribution in [-0.2, 0) is 9.53 Å². The maximum absolute atomic E-state index is 11.3. The first-order chi connectivity index (χ1) is 17.6. The minimum Gasteiger partial charge on any atom is -0.466 e. The molecule has 0 radical (unpaired) electrons. The van der Waals surface area contributed by atoms with E-state index in [1.807, 2.05) is 6.92 Å². The standard InChI is InChI=1S/C33H65NO2/c1-5-7-8-18-23-30(29-34(3)4)24-19-14-11-9-10-12-15-20-25-31-28-32(31)26-21-16-13-17-22-27-33(35)36-6-2/h30-32H,5-29H2,1-4H3. The first kappa shape index (κ1) is 33.5. The Morgan fingerprint density at radius 2 is 1.17 bits per heavy atom. The van der Waals surface area contributed by atoms with Crippen LogP contribution in [0.25, 0.3) is 0 Å². The zero-order chi connectivity index (χ0) is 26.3. The van der Waals surface area contributed by atoms with E-state index < -0.39 is 0 Å². The number of unbranched alkanes of at least 4 members (excludes halogenated alkanes) is 14. The topological polar surface area (TPSA) is 29.5 Å². The molecule has 0 spiro atoms. The van der Waals surface area contributed by atoms with Crippen molar-refractivity contribution in [2.24, 2.45) is 17.8 Å². The summed E-state index contributed by atoms with van der Waals surface area (Å²) < 4.78 is 4.99. The largest absolute Gasteiger partial charge is 0.466 e. The van der Waals surface area contributed by atoms with Gasteiger partial charge in [-0.3, -0.25) is 4.79 Å². The van der Waals surface area contributed by atoms with Crippen LogP contribution < -0.4 is 0 Å². The second-order valence-corrected chi connectivity index (χ2v) is 12.3. The summed E-state index contributed by atoms with van der Waals surface area (Å²) in [4.78, 5) is 13.7. The molecule has 1 fully saturated rings. The minimum absolute atomic E-state index is 0.0222. The van der Waals surface area contributed by atoms with Gasteiger partial charge in [-0.2, -0.15) is 0 Å². The summed E-state index contributed by atoms with van der Waals surface area (Å²) in [5.41, 5.74) is 0. The van der Waals surface area contributed by atoms with Crippen molar-refractivity contribution >= 4 is 5.97 Å². The average Bonchev–Trinajstić information content (AvgIpc) is 3.60. The molecule has 3 nitrogen and oxygen atoms in total. The van der Waals surface area contributed by atoms with Crippen molar-refractivity contribution in [2.75, 3.05) is 27.2 Å². The van der Waals surface area contributed by atoms with E-state index in [0.717, 1.165) is 24.2 Å². The van der Waals surface area contributed by atoms with Crippen LogP contribution in [0.3, 0.4) is 0 Å². The summed E-state index contributed by atoms with van der Waals surface area (Å²) in [6.07, 6.45) is 31.5. The first-order valence-corrected chi connectivity index (χ1v) is 16.4. The van der Waals surface area contributed by atoms with Crippen molar-refractivity contribution < 1.29 is 9.53 Å². The molecule has 1 rings (SSSR count). The number of carbonyl (C=O) groups is 1. The molecule has 0 saturated heterocycles. The quantitative estimate of drug-likeness (QED) is 0.0818. The molecule has 0 N–H and O–H groups in total. The van der Waals surface area contributed by atoms with Gasteiger partial charge in [0.05, 0.1) is 6.61 Å². The van der Waals surface area contributed by atoms with Crippen LogP contribution in [0.1, 0.15) is 162 Å². The normalized spacial score (nSPS) is 18.0. The monoisotopic (exact) mass is 508 g/mol. The number of esters is 1. The Kier molecular flexibility index (Phi) is 21.9. The van der Waals surface area contributed by atoms with E-state index in [2.05, 4.69) is 25.9 Å². The van der Waals surface area contributed by atoms with Crippen LogP contribution in [0.4, 0.5) is 0 Å². The van der Waals surface area contributed by atoms with E-state index in [9.17, 15) is 4.79 Å². The van der Waals surface area contributed by atoms with Crippen molar-refractivity contribution in [1.29, 1.82) is 0 Å². The number of nitrogens with zero attached hydrogens (tertiary/aromatic N) is 1. The van der Waals surface area contributed by atoms with Crippen LogP contribution in [0, 0.1) is 17.8 Å². The fourth-order valence-electron chi connectivity index (χ4n) is 6.06. The lowest BCUT2D eigenvalue weighted by atomic mass is 9.94. The van der Waals surface area contributed by atoms with Gasteiger partial charge in [0.1, 0.15) is 0 Å². The third-order valence-corrected chi connectivity index (χ3v) is 8.36. The molecule has 3 heteroatoms. The highest BCUT2D eigenvalue weighted by Crippen LogP contribution is 2.45. The summed E-state index contributed by atoms with van der Waals surface area (Å²) >= 11 is 0. The molecule has 1 saturated carbocycles. The third-order valence-electron chi connectivity index (χ3n) is 8.36. The highest BCUT2D eigenvalue weighted by atomic mass is 16.5. The van der Waals surface area contributed by atoms with E-state index in [4.69, 9.17) is 4.74 Å². The Hall–Kier alpha value is -0.570. The maximum Gasteiger partial charge on any atom is 0.305 e. The number of carbonyl (C=O) groups excluding carboxylic acids is 1. The second kappa shape index (κ2) is 23.5. The number of rotatable bonds is 27. The molecule has 0 amide bonds. The van der Waals surface area contributed by atoms with Gasteiger partial charge in [0.15, 0.2) is 0 Å². The maximum atomic E-state index is 11.3. The molecule has 1 aliphatic carbocycles. The Morgan fingerprint density at radius 1 is 0.694 bits per heavy atom. The average molecular weight is 508 g/mol. The van der Waals surface area contributed by atoms with E-state index in [-0.39, 0.29) is 5.97 Å². The highest BCUT2D eigenvalue weighted by Gasteiger charge is 2.34. The summed E-state index contributed by atoms with van der Waals surface area (Å²) in [6, 6.07) is 0. The Labute approximate surface area is 226 Å². The van der Waals surface area contributed by atoms with Crippen molar-refractivity contribution in [3.63, 3.8) is 0 Å². The predicted molar refractivity (Wildman–Crippen MR) is 158 cm³/mol. The van der Waals surface area contributed by atoms with E-state index >= 15 is 0 Å². The van der Waals surface area contributed by atoms with Gasteiger partial charge in [-0.05, 0) is 64.5 Å². The van der Waals surface area contributed by atoms with Crippen LogP contribution in [0.15, 0.2) is 0 Å². The Bertz CT molecular complexity index is 492. The smallest absolute Gasteiger partial charge is 0.305 e. The number of ether oxygens (including phenoxy) is 1. The summed E-state index contributed by atoms with van der Waals surface area (Å²) in [5.74, 6) is 3.01. The molecular formula is C33H65NO2. The lowest BCUT2D eigenvalue weighted by Crippen LogP contribution is -2.21. The van der Waals surface area contributed by atoms with Gasteiger partial charge in [0.2, 0.25) is 0 Å². The minimum atomic E-state index is -0.0222. The SMILES string of the molecule is CCCCCCC(CCCCCCCCCCC1CC1CCCCCCCC(=O)OCC)CN(C)C. The second-order valence-electron chi connectivity index (χ2n) is 12.3. The van der Waals surface area contributed by atoms with Gasteiger partial charge in [-0.15, -0.1) is 0 Å². The molecule has 3 unspecified atom stereocenters. The lowest BCUT2D eigenvalue weighted by Gasteiger charge is -2.21. The molecule has 3 atom stereocenters. The fourth-order valence-corrected chi connectivity index (χ4v) is 6.06. The molecule has 36 heavy (non-hydrogen) atoms. The fraction of sp³-hybridized carbons (Fsp3) is 0.970. The van der Waals surface area contributed by atoms with Crippen LogP contribution >= 0.6 is 0 Å². The van der Waals surface area contributed by atoms with Gasteiger partial charge >= 0.3 is 5.97 Å². The molecule has 0 aromatic rings. The Balaban J connectivity index is 1.84. The van der Waals surface area contributed by atoms with E-state index in [1.165, 1.54) is 141 Å². The lowest BCUT2D eigenvalue weighted by molar-refractivity contribution is -0.143. The molecule has 0 aliphatic heterocycles. The molecule has 1 aliphatic rings. The van der Waals surface area contributed by atoms with Crippen molar-refractivity contribution in [3.8, 4) is 0 Å².